The molecule has 0 heterocycles. The molecule has 0 bridgehead atoms. The van der Waals surface area contributed by atoms with E-state index in [1.807, 2.05) is 13.8 Å². The Hall–Kier alpha value is -1.56. The van der Waals surface area contributed by atoms with Gasteiger partial charge in [-0.1, -0.05) is 62.4 Å². The average Bonchev–Trinajstić information content (AvgIpc) is 2.54. The molecule has 0 saturated heterocycles. The van der Waals surface area contributed by atoms with E-state index in [-0.39, 0.29) is 0 Å². The Kier molecular flexibility index (Phi) is 3.40. The third-order valence-electron chi connectivity index (χ3n) is 2.98. The van der Waals surface area contributed by atoms with E-state index in [0.717, 1.165) is 12.8 Å². The molecule has 0 aromatic heterocycles. The van der Waals surface area contributed by atoms with Crippen LogP contribution in [0.1, 0.15) is 31.4 Å². The van der Waals surface area contributed by atoms with Crippen molar-refractivity contribution in [2.45, 2.75) is 26.7 Å². The molecule has 16 heavy (non-hydrogen) atoms. The molecule has 0 aliphatic heterocycles. The van der Waals surface area contributed by atoms with Crippen molar-refractivity contribution in [1.82, 2.24) is 0 Å². The molecule has 3 rings (SSSR count). The predicted molar refractivity (Wildman–Crippen MR) is 71.3 cm³/mol. The van der Waals surface area contributed by atoms with E-state index in [1.54, 1.807) is 0 Å². The second kappa shape index (κ2) is 4.98. The summed E-state index contributed by atoms with van der Waals surface area (Å²) in [7, 11) is 0. The van der Waals surface area contributed by atoms with Crippen LogP contribution in [0.3, 0.4) is 0 Å². The number of allylic oxidation sites excluding steroid dienone is 6. The molecule has 82 valence electrons. The van der Waals surface area contributed by atoms with E-state index in [1.165, 1.54) is 22.3 Å². The van der Waals surface area contributed by atoms with Gasteiger partial charge in [-0.25, -0.2) is 0 Å². The molecule has 2 aliphatic rings. The van der Waals surface area contributed by atoms with Gasteiger partial charge in [0.05, 0.1) is 0 Å². The second-order valence-electron chi connectivity index (χ2n) is 3.83. The first-order chi connectivity index (χ1) is 7.95. The minimum Gasteiger partial charge on any atom is -0.0801 e. The van der Waals surface area contributed by atoms with Crippen LogP contribution in [0, 0.1) is 0 Å². The van der Waals surface area contributed by atoms with Crippen molar-refractivity contribution in [2.75, 3.05) is 0 Å². The SMILES string of the molecule is C1=CCC2=C(C=C1)Cc1ccccc12.CC. The van der Waals surface area contributed by atoms with Gasteiger partial charge in [0.15, 0.2) is 0 Å². The zero-order valence-electron chi connectivity index (χ0n) is 10.0. The lowest BCUT2D eigenvalue weighted by molar-refractivity contribution is 1.25. The van der Waals surface area contributed by atoms with Crippen LogP contribution in [0.4, 0.5) is 0 Å². The molecule has 0 amide bonds. The highest BCUT2D eigenvalue weighted by Crippen LogP contribution is 2.36. The maximum atomic E-state index is 2.25. The highest BCUT2D eigenvalue weighted by Gasteiger charge is 2.18. The minimum absolute atomic E-state index is 1.08. The molecule has 0 saturated carbocycles. The molecule has 0 unspecified atom stereocenters. The molecule has 0 nitrogen and oxygen atoms in total. The number of benzene rings is 1. The molecular weight excluding hydrogens is 192 g/mol. The van der Waals surface area contributed by atoms with Gasteiger partial charge in [0.25, 0.3) is 0 Å². The molecule has 0 fully saturated rings. The van der Waals surface area contributed by atoms with Gasteiger partial charge in [0, 0.05) is 0 Å². The molecule has 2 aliphatic carbocycles. The molecule has 0 radical (unpaired) electrons. The van der Waals surface area contributed by atoms with E-state index < -0.39 is 0 Å². The van der Waals surface area contributed by atoms with Gasteiger partial charge in [0.1, 0.15) is 0 Å². The van der Waals surface area contributed by atoms with Crippen LogP contribution in [0.5, 0.6) is 0 Å². The van der Waals surface area contributed by atoms with Crippen LogP contribution in [0.15, 0.2) is 54.1 Å². The van der Waals surface area contributed by atoms with Crippen LogP contribution in [-0.4, -0.2) is 0 Å². The lowest BCUT2D eigenvalue weighted by Crippen LogP contribution is -1.82. The smallest absolute Gasteiger partial charge is 0.00167 e. The summed E-state index contributed by atoms with van der Waals surface area (Å²) in [6.07, 6.45) is 11.0. The van der Waals surface area contributed by atoms with E-state index in [0.29, 0.717) is 0 Å². The van der Waals surface area contributed by atoms with E-state index in [4.69, 9.17) is 0 Å². The Morgan fingerprint density at radius 1 is 1.00 bits per heavy atom. The summed E-state index contributed by atoms with van der Waals surface area (Å²) in [5, 5.41) is 0. The Morgan fingerprint density at radius 3 is 2.69 bits per heavy atom. The summed E-state index contributed by atoms with van der Waals surface area (Å²) in [5.74, 6) is 0. The highest BCUT2D eigenvalue weighted by atomic mass is 14.2. The Morgan fingerprint density at radius 2 is 1.81 bits per heavy atom. The molecule has 0 spiro atoms. The topological polar surface area (TPSA) is 0 Å². The number of hydrogen-bond donors (Lipinski definition) is 0. The zero-order chi connectivity index (χ0) is 11.4. The van der Waals surface area contributed by atoms with Crippen molar-refractivity contribution >= 4 is 5.57 Å². The van der Waals surface area contributed by atoms with Crippen LogP contribution in [-0.2, 0) is 6.42 Å². The maximum Gasteiger partial charge on any atom is -0.00167 e. The summed E-state index contributed by atoms with van der Waals surface area (Å²) in [6, 6.07) is 8.74. The van der Waals surface area contributed by atoms with Crippen molar-refractivity contribution in [2.24, 2.45) is 0 Å². The Balaban J connectivity index is 0.000000457. The monoisotopic (exact) mass is 210 g/mol. The summed E-state index contributed by atoms with van der Waals surface area (Å²) in [4.78, 5) is 0. The molecule has 0 N–H and O–H groups in total. The first-order valence-corrected chi connectivity index (χ1v) is 6.08. The summed E-state index contributed by atoms with van der Waals surface area (Å²) < 4.78 is 0. The van der Waals surface area contributed by atoms with Gasteiger partial charge in [0.2, 0.25) is 0 Å². The van der Waals surface area contributed by atoms with Crippen LogP contribution in [0.2, 0.25) is 0 Å². The second-order valence-corrected chi connectivity index (χ2v) is 3.83. The summed E-state index contributed by atoms with van der Waals surface area (Å²) in [5.41, 5.74) is 5.96. The van der Waals surface area contributed by atoms with Crippen molar-refractivity contribution in [3.05, 3.63) is 65.3 Å². The summed E-state index contributed by atoms with van der Waals surface area (Å²) >= 11 is 0. The predicted octanol–water partition coefficient (Wildman–Crippen LogP) is 4.54. The van der Waals surface area contributed by atoms with Gasteiger partial charge in [-0.3, -0.25) is 0 Å². The molecule has 0 heteroatoms. The van der Waals surface area contributed by atoms with E-state index in [2.05, 4.69) is 48.6 Å². The third kappa shape index (κ3) is 1.88. The first kappa shape index (κ1) is 10.9. The Bertz CT molecular complexity index is 459. The fraction of sp³-hybridized carbons (Fsp3) is 0.250. The fourth-order valence-corrected chi connectivity index (χ4v) is 2.29. The molecule has 1 aromatic rings. The zero-order valence-corrected chi connectivity index (χ0v) is 10.0. The average molecular weight is 210 g/mol. The van der Waals surface area contributed by atoms with E-state index in [9.17, 15) is 0 Å². The Labute approximate surface area is 98.0 Å². The van der Waals surface area contributed by atoms with Gasteiger partial charge in [-0.05, 0) is 35.1 Å². The van der Waals surface area contributed by atoms with E-state index >= 15 is 0 Å². The van der Waals surface area contributed by atoms with Gasteiger partial charge in [-0.2, -0.15) is 0 Å². The number of rotatable bonds is 0. The lowest BCUT2D eigenvalue weighted by Gasteiger charge is -2.01. The quantitative estimate of drug-likeness (QED) is 0.589. The number of hydrogen-bond acceptors (Lipinski definition) is 0. The van der Waals surface area contributed by atoms with Gasteiger partial charge in [-0.15, -0.1) is 0 Å². The van der Waals surface area contributed by atoms with Gasteiger partial charge < -0.3 is 0 Å². The fourth-order valence-electron chi connectivity index (χ4n) is 2.29. The van der Waals surface area contributed by atoms with Crippen molar-refractivity contribution in [3.63, 3.8) is 0 Å². The van der Waals surface area contributed by atoms with Crippen molar-refractivity contribution in [1.29, 1.82) is 0 Å². The normalized spacial score (nSPS) is 16.1. The molecule has 1 aromatic carbocycles. The first-order valence-electron chi connectivity index (χ1n) is 6.08. The molecular formula is C16H18. The van der Waals surface area contributed by atoms with Crippen molar-refractivity contribution in [3.8, 4) is 0 Å². The minimum atomic E-state index is 1.08. The number of fused-ring (bicyclic) bond motifs is 2. The molecule has 0 atom stereocenters. The van der Waals surface area contributed by atoms with Crippen LogP contribution >= 0.6 is 0 Å². The standard InChI is InChI=1S/C14H12.C2H6/c1-2-6-11-10-12-7-4-5-9-14(12)13(11)8-3-1;1-2/h1-7,9H,8,10H2;1-2H3. The lowest BCUT2D eigenvalue weighted by atomic mass is 10.0. The van der Waals surface area contributed by atoms with Crippen LogP contribution < -0.4 is 0 Å². The van der Waals surface area contributed by atoms with Crippen molar-refractivity contribution < 1.29 is 0 Å². The maximum absolute atomic E-state index is 2.25. The summed E-state index contributed by atoms with van der Waals surface area (Å²) in [6.45, 7) is 4.00. The largest absolute Gasteiger partial charge is 0.0801 e. The highest BCUT2D eigenvalue weighted by molar-refractivity contribution is 5.79. The van der Waals surface area contributed by atoms with Gasteiger partial charge >= 0.3 is 0 Å². The third-order valence-corrected chi connectivity index (χ3v) is 2.98. The van der Waals surface area contributed by atoms with Crippen LogP contribution in [0.25, 0.3) is 5.57 Å².